The largest absolute Gasteiger partial charge is 0.312 e. The van der Waals surface area contributed by atoms with Crippen molar-refractivity contribution in [1.82, 2.24) is 5.43 Å². The lowest BCUT2D eigenvalue weighted by Crippen LogP contribution is -2.34. The van der Waals surface area contributed by atoms with E-state index < -0.39 is 0 Å². The Morgan fingerprint density at radius 1 is 1.21 bits per heavy atom. The summed E-state index contributed by atoms with van der Waals surface area (Å²) in [6.45, 7) is 13.2. The van der Waals surface area contributed by atoms with E-state index in [1.807, 2.05) is 0 Å². The van der Waals surface area contributed by atoms with Gasteiger partial charge in [-0.2, -0.15) is 0 Å². The molecule has 3 N–H and O–H groups in total. The molecule has 3 heteroatoms. The van der Waals surface area contributed by atoms with Gasteiger partial charge in [0.05, 0.1) is 0 Å². The van der Waals surface area contributed by atoms with Crippen LogP contribution in [0.25, 0.3) is 0 Å². The van der Waals surface area contributed by atoms with Crippen molar-refractivity contribution in [3.05, 3.63) is 0 Å². The van der Waals surface area contributed by atoms with Gasteiger partial charge in [-0.1, -0.05) is 27.7 Å². The quantitative estimate of drug-likeness (QED) is 0.307. The Morgan fingerprint density at radius 2 is 1.64 bits per heavy atom. The fourth-order valence-electron chi connectivity index (χ4n) is 2.35. The van der Waals surface area contributed by atoms with Crippen LogP contribution in [0.15, 0.2) is 4.99 Å². The van der Waals surface area contributed by atoms with Gasteiger partial charge in [-0.3, -0.25) is 4.99 Å². The van der Waals surface area contributed by atoms with Crippen molar-refractivity contribution >= 4 is 5.84 Å². The van der Waals surface area contributed by atoms with Gasteiger partial charge in [-0.05, 0) is 24.7 Å². The van der Waals surface area contributed by atoms with Gasteiger partial charge in [0, 0.05) is 12.0 Å². The third-order valence-electron chi connectivity index (χ3n) is 3.84. The van der Waals surface area contributed by atoms with E-state index in [4.69, 9.17) is 5.84 Å². The van der Waals surface area contributed by atoms with Gasteiger partial charge in [0.25, 0.3) is 0 Å². The molecule has 1 aliphatic rings. The lowest BCUT2D eigenvalue weighted by atomic mass is 10.0. The van der Waals surface area contributed by atoms with Gasteiger partial charge in [0.15, 0.2) is 0 Å². The van der Waals surface area contributed by atoms with Gasteiger partial charge in [-0.25, -0.2) is 5.84 Å². The van der Waals surface area contributed by atoms with Crippen LogP contribution in [0.2, 0.25) is 0 Å². The highest BCUT2D eigenvalue weighted by Crippen LogP contribution is 2.68. The van der Waals surface area contributed by atoms with Gasteiger partial charge in [-0.15, -0.1) is 0 Å². The number of hydrazine groups is 1. The predicted octanol–water partition coefficient (Wildman–Crippen LogP) is 1.94. The number of nitrogens with one attached hydrogen (secondary N) is 1. The monoisotopic (exact) mass is 197 g/mol. The molecule has 1 rings (SSSR count). The van der Waals surface area contributed by atoms with E-state index in [1.54, 1.807) is 0 Å². The zero-order chi connectivity index (χ0) is 11.1. The van der Waals surface area contributed by atoms with E-state index in [1.165, 1.54) is 0 Å². The molecule has 0 aromatic heterocycles. The maximum absolute atomic E-state index is 5.52. The molecule has 0 unspecified atom stereocenters. The Kier molecular flexibility index (Phi) is 2.65. The van der Waals surface area contributed by atoms with Crippen LogP contribution in [0, 0.1) is 16.7 Å². The highest BCUT2D eigenvalue weighted by Gasteiger charge is 2.66. The summed E-state index contributed by atoms with van der Waals surface area (Å²) in [7, 11) is 0. The lowest BCUT2D eigenvalue weighted by Gasteiger charge is -2.09. The molecule has 0 bridgehead atoms. The average Bonchev–Trinajstić information content (AvgIpc) is 2.39. The first kappa shape index (κ1) is 11.5. The van der Waals surface area contributed by atoms with Crippen molar-refractivity contribution in [2.24, 2.45) is 27.6 Å². The Morgan fingerprint density at radius 3 is 1.86 bits per heavy atom. The number of nitrogens with two attached hydrogens (primary N) is 1. The molecule has 1 aliphatic carbocycles. The first-order valence-electron chi connectivity index (χ1n) is 5.29. The van der Waals surface area contributed by atoms with Crippen molar-refractivity contribution < 1.29 is 0 Å². The van der Waals surface area contributed by atoms with Crippen molar-refractivity contribution in [2.75, 3.05) is 0 Å². The third-order valence-corrected chi connectivity index (χ3v) is 3.84. The summed E-state index contributed by atoms with van der Waals surface area (Å²) in [6.07, 6.45) is 0. The molecule has 14 heavy (non-hydrogen) atoms. The van der Waals surface area contributed by atoms with E-state index in [-0.39, 0.29) is 0 Å². The summed E-state index contributed by atoms with van der Waals surface area (Å²) in [6, 6.07) is 0.299. The smallest absolute Gasteiger partial charge is 0.115 e. The molecule has 1 saturated carbocycles. The topological polar surface area (TPSA) is 50.4 Å². The van der Waals surface area contributed by atoms with Crippen LogP contribution in [0.3, 0.4) is 0 Å². The molecule has 0 atom stereocenters. The van der Waals surface area contributed by atoms with Crippen LogP contribution >= 0.6 is 0 Å². The number of hydrogen-bond acceptors (Lipinski definition) is 2. The van der Waals surface area contributed by atoms with Gasteiger partial charge in [0.2, 0.25) is 0 Å². The third kappa shape index (κ3) is 1.54. The standard InChI is InChI=1S/C11H23N3/c1-7(2)13-9(14-12)8-10(3,4)11(8,5)6/h7-8H,12H2,1-6H3,(H,13,14). The fraction of sp³-hybridized carbons (Fsp3) is 0.909. The van der Waals surface area contributed by atoms with Crippen LogP contribution in [0.4, 0.5) is 0 Å². The molecule has 0 radical (unpaired) electrons. The molecule has 0 spiro atoms. The first-order chi connectivity index (χ1) is 6.25. The van der Waals surface area contributed by atoms with E-state index in [2.05, 4.69) is 52.0 Å². The Hall–Kier alpha value is -0.570. The van der Waals surface area contributed by atoms with Crippen LogP contribution < -0.4 is 11.3 Å². The second-order valence-corrected chi connectivity index (χ2v) is 5.63. The van der Waals surface area contributed by atoms with Crippen molar-refractivity contribution in [3.63, 3.8) is 0 Å². The molecule has 0 aromatic carbocycles. The van der Waals surface area contributed by atoms with E-state index >= 15 is 0 Å². The van der Waals surface area contributed by atoms with E-state index in [0.29, 0.717) is 22.8 Å². The molecule has 0 amide bonds. The number of aliphatic imine (C=N–C) groups is 1. The highest BCUT2D eigenvalue weighted by atomic mass is 15.3. The van der Waals surface area contributed by atoms with Crippen LogP contribution in [-0.2, 0) is 0 Å². The molecular weight excluding hydrogens is 174 g/mol. The zero-order valence-electron chi connectivity index (χ0n) is 10.2. The molecule has 0 heterocycles. The first-order valence-corrected chi connectivity index (χ1v) is 5.29. The minimum absolute atomic E-state index is 0.299. The number of rotatable bonds is 2. The zero-order valence-corrected chi connectivity index (χ0v) is 10.2. The predicted molar refractivity (Wildman–Crippen MR) is 60.9 cm³/mol. The van der Waals surface area contributed by atoms with Gasteiger partial charge >= 0.3 is 0 Å². The summed E-state index contributed by atoms with van der Waals surface area (Å²) >= 11 is 0. The molecule has 82 valence electrons. The SMILES string of the molecule is CC(C)N=C(NN)C1C(C)(C)C1(C)C. The minimum Gasteiger partial charge on any atom is -0.312 e. The average molecular weight is 197 g/mol. The minimum atomic E-state index is 0.299. The van der Waals surface area contributed by atoms with Crippen LogP contribution in [-0.4, -0.2) is 11.9 Å². The van der Waals surface area contributed by atoms with Gasteiger partial charge < -0.3 is 5.43 Å². The second kappa shape index (κ2) is 3.23. The Balaban J connectivity index is 2.86. The molecule has 0 saturated heterocycles. The summed E-state index contributed by atoms with van der Waals surface area (Å²) in [5.74, 6) is 6.94. The lowest BCUT2D eigenvalue weighted by molar-refractivity contribution is 0.457. The molecule has 0 aliphatic heterocycles. The highest BCUT2D eigenvalue weighted by molar-refractivity contribution is 5.89. The number of hydrogen-bond donors (Lipinski definition) is 2. The summed E-state index contributed by atoms with van der Waals surface area (Å²) in [5, 5.41) is 0. The van der Waals surface area contributed by atoms with Crippen molar-refractivity contribution in [2.45, 2.75) is 47.6 Å². The fourth-order valence-corrected chi connectivity index (χ4v) is 2.35. The van der Waals surface area contributed by atoms with Crippen LogP contribution in [0.1, 0.15) is 41.5 Å². The van der Waals surface area contributed by atoms with E-state index in [0.717, 1.165) is 5.84 Å². The summed E-state index contributed by atoms with van der Waals surface area (Å²) in [4.78, 5) is 4.53. The van der Waals surface area contributed by atoms with Crippen molar-refractivity contribution in [1.29, 1.82) is 0 Å². The Bertz CT molecular complexity index is 237. The second-order valence-electron chi connectivity index (χ2n) is 5.63. The summed E-state index contributed by atoms with van der Waals surface area (Å²) < 4.78 is 0. The van der Waals surface area contributed by atoms with Gasteiger partial charge in [0.1, 0.15) is 5.84 Å². The Labute approximate surface area is 87.1 Å². The normalized spacial score (nSPS) is 25.3. The number of nitrogens with zero attached hydrogens (tertiary/aromatic N) is 1. The summed E-state index contributed by atoms with van der Waals surface area (Å²) in [5.41, 5.74) is 3.35. The maximum Gasteiger partial charge on any atom is 0.115 e. The van der Waals surface area contributed by atoms with E-state index in [9.17, 15) is 0 Å². The van der Waals surface area contributed by atoms with Crippen LogP contribution in [0.5, 0.6) is 0 Å². The maximum atomic E-state index is 5.52. The molecule has 3 nitrogen and oxygen atoms in total. The molecule has 0 aromatic rings. The molecular formula is C11H23N3. The van der Waals surface area contributed by atoms with Crippen molar-refractivity contribution in [3.8, 4) is 0 Å². The number of amidine groups is 1. The molecule has 1 fully saturated rings.